The Labute approximate surface area is 188 Å². The van der Waals surface area contributed by atoms with Crippen LogP contribution in [0.15, 0.2) is 54.6 Å². The summed E-state index contributed by atoms with van der Waals surface area (Å²) in [7, 11) is 0. The van der Waals surface area contributed by atoms with Gasteiger partial charge in [0, 0.05) is 19.9 Å². The number of amides is 3. The minimum Gasteiger partial charge on any atom is -0.508 e. The lowest BCUT2D eigenvalue weighted by molar-refractivity contribution is -0.128. The maximum atomic E-state index is 12.7. The number of nitrogens with two attached hydrogens (primary N) is 1. The van der Waals surface area contributed by atoms with Crippen molar-refractivity contribution in [3.8, 4) is 5.75 Å². The van der Waals surface area contributed by atoms with E-state index in [0.29, 0.717) is 12.8 Å². The van der Waals surface area contributed by atoms with Crippen molar-refractivity contribution in [2.24, 2.45) is 5.73 Å². The molecule has 172 valence electrons. The smallest absolute Gasteiger partial charge is 0.243 e. The maximum Gasteiger partial charge on any atom is 0.243 e. The molecule has 0 aromatic heterocycles. The van der Waals surface area contributed by atoms with Crippen molar-refractivity contribution in [1.82, 2.24) is 16.0 Å². The zero-order chi connectivity index (χ0) is 23.7. The average molecular weight is 441 g/mol. The second-order valence-corrected chi connectivity index (χ2v) is 8.51. The van der Waals surface area contributed by atoms with Crippen molar-refractivity contribution < 1.29 is 19.5 Å². The summed E-state index contributed by atoms with van der Waals surface area (Å²) < 4.78 is 0. The quantitative estimate of drug-likeness (QED) is 0.376. The Hall–Kier alpha value is -3.39. The van der Waals surface area contributed by atoms with Crippen molar-refractivity contribution in [3.05, 3.63) is 65.7 Å². The first-order valence-corrected chi connectivity index (χ1v) is 10.5. The van der Waals surface area contributed by atoms with Crippen LogP contribution in [-0.4, -0.2) is 47.0 Å². The maximum absolute atomic E-state index is 12.7. The van der Waals surface area contributed by atoms with Crippen LogP contribution in [0.25, 0.3) is 0 Å². The Bertz CT molecular complexity index is 913. The van der Waals surface area contributed by atoms with Gasteiger partial charge in [-0.15, -0.1) is 0 Å². The Kier molecular flexibility index (Phi) is 8.78. The van der Waals surface area contributed by atoms with Crippen LogP contribution >= 0.6 is 0 Å². The van der Waals surface area contributed by atoms with Crippen LogP contribution in [-0.2, 0) is 27.2 Å². The molecule has 8 nitrogen and oxygen atoms in total. The zero-order valence-electron chi connectivity index (χ0n) is 18.7. The van der Waals surface area contributed by atoms with Gasteiger partial charge in [-0.05, 0) is 43.5 Å². The number of hydrogen-bond acceptors (Lipinski definition) is 5. The Morgan fingerprint density at radius 1 is 0.938 bits per heavy atom. The molecule has 0 radical (unpaired) electrons. The van der Waals surface area contributed by atoms with Gasteiger partial charge in [0.15, 0.2) is 0 Å². The fourth-order valence-corrected chi connectivity index (χ4v) is 3.18. The van der Waals surface area contributed by atoms with Crippen LogP contribution < -0.4 is 21.7 Å². The molecule has 0 saturated carbocycles. The number of phenols is 1. The Morgan fingerprint density at radius 3 is 2.12 bits per heavy atom. The lowest BCUT2D eigenvalue weighted by Gasteiger charge is -2.29. The van der Waals surface area contributed by atoms with Crippen molar-refractivity contribution in [2.45, 2.75) is 51.2 Å². The zero-order valence-corrected chi connectivity index (χ0v) is 18.7. The van der Waals surface area contributed by atoms with Gasteiger partial charge in [0.05, 0.1) is 11.6 Å². The van der Waals surface area contributed by atoms with Gasteiger partial charge in [0.25, 0.3) is 0 Å². The van der Waals surface area contributed by atoms with E-state index in [2.05, 4.69) is 16.0 Å². The molecule has 0 saturated heterocycles. The fraction of sp³-hybridized carbons (Fsp3) is 0.375. The third-order valence-corrected chi connectivity index (χ3v) is 4.87. The van der Waals surface area contributed by atoms with E-state index >= 15 is 0 Å². The molecule has 2 aromatic rings. The first-order valence-electron chi connectivity index (χ1n) is 10.5. The molecule has 0 aliphatic carbocycles. The molecule has 6 N–H and O–H groups in total. The highest BCUT2D eigenvalue weighted by molar-refractivity contribution is 5.87. The molecule has 8 heteroatoms. The molecule has 2 atom stereocenters. The summed E-state index contributed by atoms with van der Waals surface area (Å²) in [5.74, 6) is -0.831. The minimum absolute atomic E-state index is 0.147. The van der Waals surface area contributed by atoms with Gasteiger partial charge in [-0.1, -0.05) is 42.5 Å². The Morgan fingerprint density at radius 2 is 1.53 bits per heavy atom. The topological polar surface area (TPSA) is 134 Å². The number of aromatic hydroxyl groups is 1. The number of rotatable bonds is 10. The summed E-state index contributed by atoms with van der Waals surface area (Å²) in [6.07, 6.45) is 0.673. The van der Waals surface area contributed by atoms with Gasteiger partial charge in [-0.2, -0.15) is 0 Å². The van der Waals surface area contributed by atoms with Crippen LogP contribution in [0.4, 0.5) is 0 Å². The molecule has 0 heterocycles. The van der Waals surface area contributed by atoms with Gasteiger partial charge >= 0.3 is 0 Å². The second kappa shape index (κ2) is 11.3. The van der Waals surface area contributed by atoms with Crippen molar-refractivity contribution >= 4 is 17.7 Å². The molecule has 0 fully saturated rings. The molecule has 2 rings (SSSR count). The summed E-state index contributed by atoms with van der Waals surface area (Å²) in [5.41, 5.74) is 7.03. The molecular weight excluding hydrogens is 408 g/mol. The third kappa shape index (κ3) is 8.39. The summed E-state index contributed by atoms with van der Waals surface area (Å²) >= 11 is 0. The van der Waals surface area contributed by atoms with Gasteiger partial charge < -0.3 is 26.8 Å². The lowest BCUT2D eigenvalue weighted by Crippen LogP contribution is -2.57. The highest BCUT2D eigenvalue weighted by Gasteiger charge is 2.27. The van der Waals surface area contributed by atoms with Gasteiger partial charge in [-0.25, -0.2) is 0 Å². The predicted octanol–water partition coefficient (Wildman–Crippen LogP) is 1.02. The number of hydrogen-bond donors (Lipinski definition) is 5. The molecule has 1 unspecified atom stereocenters. The first kappa shape index (κ1) is 24.9. The summed E-state index contributed by atoms with van der Waals surface area (Å²) in [5, 5.41) is 17.7. The number of phenolic OH excluding ortho intramolecular Hbond substituents is 1. The monoisotopic (exact) mass is 440 g/mol. The van der Waals surface area contributed by atoms with Crippen molar-refractivity contribution in [1.29, 1.82) is 0 Å². The molecule has 0 aliphatic rings. The number of benzene rings is 2. The van der Waals surface area contributed by atoms with Crippen LogP contribution in [0.2, 0.25) is 0 Å². The van der Waals surface area contributed by atoms with Crippen LogP contribution in [0.5, 0.6) is 5.75 Å². The number of carbonyl (C=O) groups excluding carboxylic acids is 3. The predicted molar refractivity (Wildman–Crippen MR) is 123 cm³/mol. The molecule has 0 bridgehead atoms. The molecule has 32 heavy (non-hydrogen) atoms. The molecule has 0 aliphatic heterocycles. The van der Waals surface area contributed by atoms with E-state index in [0.717, 1.165) is 11.1 Å². The molecule has 3 amide bonds. The Balaban J connectivity index is 1.91. The normalized spacial score (nSPS) is 13.0. The standard InChI is InChI=1S/C24H32N4O4/c1-16(29)27-21(14-17-7-5-4-6-8-17)23(32)26-15-24(2,3)28-22(31)20(25)13-18-9-11-19(30)12-10-18/h4-12,20-21,30H,13-15,25H2,1-3H3,(H,26,32)(H,27,29)(H,28,31)/t20?,21-/m0/s1. The van der Waals surface area contributed by atoms with Crippen LogP contribution in [0, 0.1) is 0 Å². The van der Waals surface area contributed by atoms with Gasteiger partial charge in [0.2, 0.25) is 17.7 Å². The summed E-state index contributed by atoms with van der Waals surface area (Å²) in [6.45, 7) is 5.09. The summed E-state index contributed by atoms with van der Waals surface area (Å²) in [6, 6.07) is 14.4. The SMILES string of the molecule is CC(=O)N[C@@H](Cc1ccccc1)C(=O)NCC(C)(C)NC(=O)C(N)Cc1ccc(O)cc1. The molecule has 0 spiro atoms. The van der Waals surface area contributed by atoms with E-state index < -0.39 is 17.6 Å². The lowest BCUT2D eigenvalue weighted by atomic mass is 10.0. The third-order valence-electron chi connectivity index (χ3n) is 4.87. The van der Waals surface area contributed by atoms with Crippen LogP contribution in [0.3, 0.4) is 0 Å². The van der Waals surface area contributed by atoms with E-state index in [1.165, 1.54) is 6.92 Å². The van der Waals surface area contributed by atoms with Crippen molar-refractivity contribution in [3.63, 3.8) is 0 Å². The van der Waals surface area contributed by atoms with Crippen LogP contribution in [0.1, 0.15) is 31.9 Å². The summed E-state index contributed by atoms with van der Waals surface area (Å²) in [4.78, 5) is 36.8. The highest BCUT2D eigenvalue weighted by atomic mass is 16.3. The van der Waals surface area contributed by atoms with Gasteiger partial charge in [-0.3, -0.25) is 14.4 Å². The average Bonchev–Trinajstić information content (AvgIpc) is 2.73. The number of carbonyl (C=O) groups is 3. The molecular formula is C24H32N4O4. The minimum atomic E-state index is -0.778. The highest BCUT2D eigenvalue weighted by Crippen LogP contribution is 2.11. The van der Waals surface area contributed by atoms with E-state index in [-0.39, 0.29) is 30.0 Å². The second-order valence-electron chi connectivity index (χ2n) is 8.51. The van der Waals surface area contributed by atoms with E-state index in [4.69, 9.17) is 5.73 Å². The fourth-order valence-electron chi connectivity index (χ4n) is 3.18. The number of nitrogens with one attached hydrogen (secondary N) is 3. The van der Waals surface area contributed by atoms with Gasteiger partial charge in [0.1, 0.15) is 11.8 Å². The van der Waals surface area contributed by atoms with E-state index in [9.17, 15) is 19.5 Å². The van der Waals surface area contributed by atoms with E-state index in [1.54, 1.807) is 38.1 Å². The van der Waals surface area contributed by atoms with E-state index in [1.807, 2.05) is 30.3 Å². The largest absolute Gasteiger partial charge is 0.508 e. The first-order chi connectivity index (χ1) is 15.1. The molecule has 2 aromatic carbocycles. The van der Waals surface area contributed by atoms with Crippen molar-refractivity contribution in [2.75, 3.05) is 6.54 Å².